The molecule has 0 aliphatic carbocycles. The van der Waals surface area contributed by atoms with Crippen molar-refractivity contribution in [2.24, 2.45) is 5.92 Å². The summed E-state index contributed by atoms with van der Waals surface area (Å²) in [6.45, 7) is 9.54. The normalized spacial score (nSPS) is 10.9. The highest BCUT2D eigenvalue weighted by molar-refractivity contribution is 7.14. The summed E-state index contributed by atoms with van der Waals surface area (Å²) in [5, 5.41) is 2.68. The van der Waals surface area contributed by atoms with Crippen LogP contribution in [0.3, 0.4) is 0 Å². The highest BCUT2D eigenvalue weighted by Gasteiger charge is 2.13. The van der Waals surface area contributed by atoms with Crippen molar-refractivity contribution in [3.63, 3.8) is 0 Å². The maximum Gasteiger partial charge on any atom is 0.225 e. The highest BCUT2D eigenvalue weighted by Crippen LogP contribution is 2.20. The summed E-state index contributed by atoms with van der Waals surface area (Å²) in [5.41, 5.74) is 3.76. The lowest BCUT2D eigenvalue weighted by Crippen LogP contribution is -2.27. The predicted molar refractivity (Wildman–Crippen MR) is 73.4 cm³/mol. The molecule has 1 heterocycles. The molecule has 6 heteroatoms. The predicted octanol–water partition coefficient (Wildman–Crippen LogP) is 2.19. The van der Waals surface area contributed by atoms with Gasteiger partial charge in [0.15, 0.2) is 5.13 Å². The lowest BCUT2D eigenvalue weighted by atomic mass is 10.2. The van der Waals surface area contributed by atoms with Crippen molar-refractivity contribution in [2.45, 2.75) is 34.2 Å². The third-order valence-corrected chi connectivity index (χ3v) is 3.15. The summed E-state index contributed by atoms with van der Waals surface area (Å²) in [7, 11) is 0. The molecule has 0 unspecified atom stereocenters. The topological polar surface area (TPSA) is 54.5 Å². The van der Waals surface area contributed by atoms with Crippen molar-refractivity contribution in [3.8, 4) is 0 Å². The Morgan fingerprint density at radius 3 is 2.89 bits per heavy atom. The molecule has 1 N–H and O–H groups in total. The largest absolute Gasteiger partial charge is 0.301 e. The summed E-state index contributed by atoms with van der Waals surface area (Å²) >= 11 is 1.47. The summed E-state index contributed by atoms with van der Waals surface area (Å²) in [6, 6.07) is 0. The summed E-state index contributed by atoms with van der Waals surface area (Å²) in [5.74, 6) is 0.513. The van der Waals surface area contributed by atoms with Crippen molar-refractivity contribution in [1.82, 2.24) is 10.5 Å². The Hall–Kier alpha value is -0.980. The smallest absolute Gasteiger partial charge is 0.225 e. The number of nitrogens with zero attached hydrogens (tertiary/aromatic N) is 2. The fourth-order valence-electron chi connectivity index (χ4n) is 1.34. The van der Waals surface area contributed by atoms with Crippen LogP contribution in [0.2, 0.25) is 0 Å². The first-order valence-electron chi connectivity index (χ1n) is 6.11. The van der Waals surface area contributed by atoms with Gasteiger partial charge in [0, 0.05) is 18.8 Å². The van der Waals surface area contributed by atoms with E-state index < -0.39 is 0 Å². The minimum atomic E-state index is 0.0161. The van der Waals surface area contributed by atoms with Gasteiger partial charge in [-0.2, -0.15) is 5.48 Å². The van der Waals surface area contributed by atoms with Crippen LogP contribution in [0.1, 0.15) is 33.4 Å². The molecule has 0 radical (unpaired) electrons. The third kappa shape index (κ3) is 4.72. The van der Waals surface area contributed by atoms with Gasteiger partial charge in [-0.1, -0.05) is 13.8 Å². The van der Waals surface area contributed by atoms with Gasteiger partial charge in [0.05, 0.1) is 18.8 Å². The van der Waals surface area contributed by atoms with Crippen LogP contribution in [-0.2, 0) is 16.2 Å². The molecule has 1 aromatic heterocycles. The number of hydrogen-bond donors (Lipinski definition) is 1. The number of hydroxylamine groups is 1. The Kier molecular flexibility index (Phi) is 6.24. The molecule has 18 heavy (non-hydrogen) atoms. The molecule has 0 saturated carbocycles. The van der Waals surface area contributed by atoms with Crippen LogP contribution in [0.4, 0.5) is 5.13 Å². The van der Waals surface area contributed by atoms with E-state index in [-0.39, 0.29) is 5.91 Å². The molecule has 1 amide bonds. The van der Waals surface area contributed by atoms with Gasteiger partial charge in [0.2, 0.25) is 5.91 Å². The minimum absolute atomic E-state index is 0.0161. The number of rotatable bonds is 7. The zero-order chi connectivity index (χ0) is 13.5. The molecule has 0 saturated heterocycles. The minimum Gasteiger partial charge on any atom is -0.301 e. The number of amides is 1. The summed E-state index contributed by atoms with van der Waals surface area (Å²) < 4.78 is 0. The Morgan fingerprint density at radius 1 is 1.61 bits per heavy atom. The van der Waals surface area contributed by atoms with E-state index in [2.05, 4.69) is 24.3 Å². The Morgan fingerprint density at radius 2 is 2.33 bits per heavy atom. The van der Waals surface area contributed by atoms with E-state index in [1.807, 2.05) is 12.3 Å². The molecular weight excluding hydrogens is 250 g/mol. The lowest BCUT2D eigenvalue weighted by Gasteiger charge is -2.14. The second-order valence-electron chi connectivity index (χ2n) is 4.41. The van der Waals surface area contributed by atoms with E-state index in [1.54, 1.807) is 11.8 Å². The maximum atomic E-state index is 11.4. The molecule has 0 aliphatic rings. The van der Waals surface area contributed by atoms with Gasteiger partial charge in [-0.3, -0.25) is 9.69 Å². The van der Waals surface area contributed by atoms with Gasteiger partial charge < -0.3 is 4.84 Å². The Balaban J connectivity index is 2.45. The molecule has 0 fully saturated rings. The van der Waals surface area contributed by atoms with Crippen LogP contribution in [-0.4, -0.2) is 24.0 Å². The number of hydrogen-bond acceptors (Lipinski definition) is 5. The van der Waals surface area contributed by atoms with Gasteiger partial charge in [-0.25, -0.2) is 4.98 Å². The summed E-state index contributed by atoms with van der Waals surface area (Å²) in [4.78, 5) is 22.7. The molecule has 0 aromatic carbocycles. The fourth-order valence-corrected chi connectivity index (χ4v) is 2.28. The number of carbonyl (C=O) groups is 1. The monoisotopic (exact) mass is 271 g/mol. The van der Waals surface area contributed by atoms with Crippen molar-refractivity contribution < 1.29 is 9.63 Å². The molecule has 0 spiro atoms. The van der Waals surface area contributed by atoms with Crippen LogP contribution in [0.25, 0.3) is 0 Å². The average Bonchev–Trinajstić information content (AvgIpc) is 2.73. The second-order valence-corrected chi connectivity index (χ2v) is 5.25. The molecule has 102 valence electrons. The molecule has 5 nitrogen and oxygen atoms in total. The molecule has 0 bridgehead atoms. The molecule has 0 atom stereocenters. The van der Waals surface area contributed by atoms with E-state index >= 15 is 0 Å². The SMILES string of the molecule is CCN(C(C)=O)c1nc(CNOCC(C)C)cs1. The van der Waals surface area contributed by atoms with Crippen molar-refractivity contribution in [1.29, 1.82) is 0 Å². The van der Waals surface area contributed by atoms with Gasteiger partial charge in [-0.15, -0.1) is 11.3 Å². The van der Waals surface area contributed by atoms with E-state index in [4.69, 9.17) is 4.84 Å². The van der Waals surface area contributed by atoms with Crippen LogP contribution in [0.5, 0.6) is 0 Å². The number of nitrogens with one attached hydrogen (secondary N) is 1. The fraction of sp³-hybridized carbons (Fsp3) is 0.667. The number of thiazole rings is 1. The van der Waals surface area contributed by atoms with E-state index in [0.29, 0.717) is 25.6 Å². The van der Waals surface area contributed by atoms with Gasteiger partial charge in [0.1, 0.15) is 0 Å². The van der Waals surface area contributed by atoms with Crippen molar-refractivity contribution >= 4 is 22.4 Å². The van der Waals surface area contributed by atoms with E-state index in [0.717, 1.165) is 10.8 Å². The quantitative estimate of drug-likeness (QED) is 0.610. The average molecular weight is 271 g/mol. The summed E-state index contributed by atoms with van der Waals surface area (Å²) in [6.07, 6.45) is 0. The van der Waals surface area contributed by atoms with Gasteiger partial charge in [0.25, 0.3) is 0 Å². The molecule has 1 aromatic rings. The number of aromatic nitrogens is 1. The first-order valence-corrected chi connectivity index (χ1v) is 6.99. The van der Waals surface area contributed by atoms with Crippen molar-refractivity contribution in [3.05, 3.63) is 11.1 Å². The van der Waals surface area contributed by atoms with E-state index in [1.165, 1.54) is 11.3 Å². The second kappa shape index (κ2) is 7.45. The van der Waals surface area contributed by atoms with E-state index in [9.17, 15) is 4.79 Å². The van der Waals surface area contributed by atoms with Gasteiger partial charge in [-0.05, 0) is 12.8 Å². The lowest BCUT2D eigenvalue weighted by molar-refractivity contribution is -0.116. The van der Waals surface area contributed by atoms with Crippen LogP contribution in [0.15, 0.2) is 5.38 Å². The maximum absolute atomic E-state index is 11.4. The van der Waals surface area contributed by atoms with Crippen LogP contribution >= 0.6 is 11.3 Å². The molecular formula is C12H21N3O2S. The highest BCUT2D eigenvalue weighted by atomic mass is 32.1. The Bertz CT molecular complexity index is 379. The zero-order valence-electron chi connectivity index (χ0n) is 11.4. The third-order valence-electron chi connectivity index (χ3n) is 2.24. The number of carbonyl (C=O) groups excluding carboxylic acids is 1. The van der Waals surface area contributed by atoms with Gasteiger partial charge >= 0.3 is 0 Å². The van der Waals surface area contributed by atoms with Crippen molar-refractivity contribution in [2.75, 3.05) is 18.1 Å². The standard InChI is InChI=1S/C12H21N3O2S/c1-5-15(10(4)16)12-14-11(8-18-12)6-13-17-7-9(2)3/h8-9,13H,5-7H2,1-4H3. The zero-order valence-corrected chi connectivity index (χ0v) is 12.2. The van der Waals surface area contributed by atoms with Crippen LogP contribution in [0, 0.1) is 5.92 Å². The first-order chi connectivity index (χ1) is 8.54. The number of anilines is 1. The molecule has 0 aliphatic heterocycles. The van der Waals surface area contributed by atoms with Crippen LogP contribution < -0.4 is 10.4 Å². The Labute approximate surface area is 112 Å². The first kappa shape index (κ1) is 15.1. The molecule has 1 rings (SSSR count).